The number of carbonyl (C=O) groups excluding carboxylic acids is 2. The zero-order valence-corrected chi connectivity index (χ0v) is 9.35. The minimum absolute atomic E-state index is 0.377. The molecule has 0 aliphatic heterocycles. The lowest BCUT2D eigenvalue weighted by Crippen LogP contribution is -2.34. The average molecular weight is 224 g/mol. The van der Waals surface area contributed by atoms with Crippen LogP contribution in [0.15, 0.2) is 29.2 Å². The summed E-state index contributed by atoms with van der Waals surface area (Å²) in [5.74, 6) is -0.377. The van der Waals surface area contributed by atoms with Gasteiger partial charge in [0.25, 0.3) is 0 Å². The summed E-state index contributed by atoms with van der Waals surface area (Å²) >= 11 is 1.17. The first kappa shape index (κ1) is 11.6. The second-order valence-corrected chi connectivity index (χ2v) is 3.91. The predicted molar refractivity (Wildman–Crippen MR) is 59.4 cm³/mol. The lowest BCUT2D eigenvalue weighted by molar-refractivity contribution is -0.117. The first-order valence-electron chi connectivity index (χ1n) is 4.39. The first-order valence-corrected chi connectivity index (χ1v) is 5.20. The van der Waals surface area contributed by atoms with Gasteiger partial charge in [0.15, 0.2) is 0 Å². The zero-order valence-electron chi connectivity index (χ0n) is 8.53. The van der Waals surface area contributed by atoms with E-state index < -0.39 is 6.03 Å². The Labute approximate surface area is 92.6 Å². The molecule has 0 bridgehead atoms. The van der Waals surface area contributed by atoms with E-state index >= 15 is 0 Å². The van der Waals surface area contributed by atoms with E-state index in [1.807, 2.05) is 31.2 Å². The summed E-state index contributed by atoms with van der Waals surface area (Å²) in [6.07, 6.45) is 0. The molecule has 0 heterocycles. The van der Waals surface area contributed by atoms with Crippen LogP contribution in [0.2, 0.25) is 0 Å². The maximum atomic E-state index is 11.0. The van der Waals surface area contributed by atoms with Gasteiger partial charge >= 0.3 is 6.03 Å². The number of hydrogen-bond acceptors (Lipinski definition) is 3. The maximum Gasteiger partial charge on any atom is 0.331 e. The van der Waals surface area contributed by atoms with Gasteiger partial charge in [-0.05, 0) is 36.6 Å². The number of amides is 3. The molecule has 0 saturated heterocycles. The van der Waals surface area contributed by atoms with E-state index in [-0.39, 0.29) is 5.91 Å². The van der Waals surface area contributed by atoms with Gasteiger partial charge in [-0.15, -0.1) is 0 Å². The lowest BCUT2D eigenvalue weighted by Gasteiger charge is -2.04. The van der Waals surface area contributed by atoms with Crippen molar-refractivity contribution in [3.05, 3.63) is 29.8 Å². The molecule has 0 saturated carbocycles. The SMILES string of the molecule is CC(=O)NC(=O)NSc1cccc(C)c1. The molecule has 0 aliphatic carbocycles. The quantitative estimate of drug-likeness (QED) is 0.754. The van der Waals surface area contributed by atoms with Crippen molar-refractivity contribution in [2.24, 2.45) is 0 Å². The molecule has 80 valence electrons. The monoisotopic (exact) mass is 224 g/mol. The van der Waals surface area contributed by atoms with E-state index in [1.165, 1.54) is 18.9 Å². The minimum Gasteiger partial charge on any atom is -0.278 e. The smallest absolute Gasteiger partial charge is 0.278 e. The molecule has 3 amide bonds. The molecule has 0 radical (unpaired) electrons. The van der Waals surface area contributed by atoms with Crippen LogP contribution >= 0.6 is 11.9 Å². The number of carbonyl (C=O) groups is 2. The van der Waals surface area contributed by atoms with Crippen molar-refractivity contribution < 1.29 is 9.59 Å². The second kappa shape index (κ2) is 5.41. The Balaban J connectivity index is 2.43. The summed E-state index contributed by atoms with van der Waals surface area (Å²) in [5.41, 5.74) is 1.12. The normalized spacial score (nSPS) is 9.47. The fourth-order valence-corrected chi connectivity index (χ4v) is 1.62. The molecule has 1 aromatic rings. The van der Waals surface area contributed by atoms with Crippen molar-refractivity contribution in [2.45, 2.75) is 18.7 Å². The number of rotatable bonds is 2. The van der Waals surface area contributed by atoms with E-state index in [9.17, 15) is 9.59 Å². The van der Waals surface area contributed by atoms with Crippen LogP contribution in [-0.2, 0) is 4.79 Å². The van der Waals surface area contributed by atoms with Crippen LogP contribution in [0, 0.1) is 6.92 Å². The molecule has 0 aromatic heterocycles. The molecule has 0 spiro atoms. The van der Waals surface area contributed by atoms with Gasteiger partial charge in [0, 0.05) is 11.8 Å². The van der Waals surface area contributed by atoms with Crippen molar-refractivity contribution in [1.29, 1.82) is 0 Å². The predicted octanol–water partition coefficient (Wildman–Crippen LogP) is 1.85. The van der Waals surface area contributed by atoms with Crippen LogP contribution in [0.4, 0.5) is 4.79 Å². The van der Waals surface area contributed by atoms with Gasteiger partial charge < -0.3 is 0 Å². The summed E-state index contributed by atoms with van der Waals surface area (Å²) in [6, 6.07) is 7.20. The molecule has 1 aromatic carbocycles. The summed E-state index contributed by atoms with van der Waals surface area (Å²) < 4.78 is 2.50. The Hall–Kier alpha value is -1.49. The van der Waals surface area contributed by atoms with Crippen molar-refractivity contribution in [2.75, 3.05) is 0 Å². The van der Waals surface area contributed by atoms with E-state index in [1.54, 1.807) is 0 Å². The van der Waals surface area contributed by atoms with Gasteiger partial charge in [0.2, 0.25) is 5.91 Å². The second-order valence-electron chi connectivity index (χ2n) is 3.03. The van der Waals surface area contributed by atoms with Crippen LogP contribution in [0.25, 0.3) is 0 Å². The summed E-state index contributed by atoms with van der Waals surface area (Å²) in [4.78, 5) is 22.5. The van der Waals surface area contributed by atoms with Crippen molar-refractivity contribution >= 4 is 23.9 Å². The molecule has 0 unspecified atom stereocenters. The van der Waals surface area contributed by atoms with Crippen molar-refractivity contribution in [3.63, 3.8) is 0 Å². The highest BCUT2D eigenvalue weighted by atomic mass is 32.2. The largest absolute Gasteiger partial charge is 0.331 e. The highest BCUT2D eigenvalue weighted by Crippen LogP contribution is 2.15. The number of nitrogens with one attached hydrogen (secondary N) is 2. The van der Waals surface area contributed by atoms with Gasteiger partial charge in [-0.3, -0.25) is 14.8 Å². The Kier molecular flexibility index (Phi) is 4.17. The summed E-state index contributed by atoms with van der Waals surface area (Å²) in [7, 11) is 0. The lowest BCUT2D eigenvalue weighted by atomic mass is 10.2. The molecule has 15 heavy (non-hydrogen) atoms. The highest BCUT2D eigenvalue weighted by molar-refractivity contribution is 7.98. The van der Waals surface area contributed by atoms with Gasteiger partial charge in [-0.2, -0.15) is 0 Å². The molecule has 2 N–H and O–H groups in total. The van der Waals surface area contributed by atoms with Crippen LogP contribution in [-0.4, -0.2) is 11.9 Å². The molecule has 4 nitrogen and oxygen atoms in total. The number of imide groups is 1. The average Bonchev–Trinajstić information content (AvgIpc) is 2.14. The highest BCUT2D eigenvalue weighted by Gasteiger charge is 2.02. The van der Waals surface area contributed by atoms with Crippen molar-refractivity contribution in [1.82, 2.24) is 10.0 Å². The fourth-order valence-electron chi connectivity index (χ4n) is 0.970. The standard InChI is InChI=1S/C10H12N2O2S/c1-7-4-3-5-9(6-7)15-12-10(14)11-8(2)13/h3-6H,1-2H3,(H2,11,12,13,14). The van der Waals surface area contributed by atoms with E-state index in [0.29, 0.717) is 0 Å². The Morgan fingerprint density at radius 3 is 2.67 bits per heavy atom. The number of hydrogen-bond donors (Lipinski definition) is 2. The van der Waals surface area contributed by atoms with Crippen LogP contribution in [0.3, 0.4) is 0 Å². The van der Waals surface area contributed by atoms with Gasteiger partial charge in [0.1, 0.15) is 0 Å². The molecule has 1 rings (SSSR count). The summed E-state index contributed by atoms with van der Waals surface area (Å²) in [5, 5.41) is 2.12. The Morgan fingerprint density at radius 1 is 1.33 bits per heavy atom. The van der Waals surface area contributed by atoms with Crippen LogP contribution in [0.1, 0.15) is 12.5 Å². The Morgan fingerprint density at radius 2 is 2.07 bits per heavy atom. The third kappa shape index (κ3) is 4.51. The summed E-state index contributed by atoms with van der Waals surface area (Å²) in [6.45, 7) is 3.26. The molecule has 0 atom stereocenters. The number of aryl methyl sites for hydroxylation is 1. The topological polar surface area (TPSA) is 58.2 Å². The third-order valence-electron chi connectivity index (χ3n) is 1.54. The third-order valence-corrected chi connectivity index (χ3v) is 2.32. The molecular weight excluding hydrogens is 212 g/mol. The van der Waals surface area contributed by atoms with Crippen LogP contribution in [0.5, 0.6) is 0 Å². The zero-order chi connectivity index (χ0) is 11.3. The van der Waals surface area contributed by atoms with Crippen LogP contribution < -0.4 is 10.0 Å². The molecule has 5 heteroatoms. The fraction of sp³-hybridized carbons (Fsp3) is 0.200. The van der Waals surface area contributed by atoms with Crippen molar-refractivity contribution in [3.8, 4) is 0 Å². The van der Waals surface area contributed by atoms with E-state index in [4.69, 9.17) is 0 Å². The van der Waals surface area contributed by atoms with E-state index in [0.717, 1.165) is 10.5 Å². The minimum atomic E-state index is -0.506. The van der Waals surface area contributed by atoms with Gasteiger partial charge in [0.05, 0.1) is 0 Å². The Bertz CT molecular complexity index is 379. The maximum absolute atomic E-state index is 11.0. The molecular formula is C10H12N2O2S. The number of benzene rings is 1. The van der Waals surface area contributed by atoms with Gasteiger partial charge in [-0.25, -0.2) is 4.79 Å². The molecule has 0 fully saturated rings. The first-order chi connectivity index (χ1) is 7.08. The molecule has 0 aliphatic rings. The van der Waals surface area contributed by atoms with Gasteiger partial charge in [-0.1, -0.05) is 12.1 Å². The number of urea groups is 1. The van der Waals surface area contributed by atoms with E-state index in [2.05, 4.69) is 10.0 Å².